The highest BCUT2D eigenvalue weighted by Gasteiger charge is 2.21. The molecule has 1 aromatic heterocycles. The third kappa shape index (κ3) is 4.19. The molecule has 0 bridgehead atoms. The highest BCUT2D eigenvalue weighted by atomic mass is 79.9. The number of hydrogen-bond acceptors (Lipinski definition) is 2. The average Bonchev–Trinajstić information content (AvgIpc) is 2.86. The average molecular weight is 431 g/mol. The molecule has 0 fully saturated rings. The van der Waals surface area contributed by atoms with E-state index in [4.69, 9.17) is 0 Å². The second kappa shape index (κ2) is 6.95. The monoisotopic (exact) mass is 429 g/mol. The van der Waals surface area contributed by atoms with E-state index in [0.29, 0.717) is 0 Å². The van der Waals surface area contributed by atoms with Gasteiger partial charge in [0, 0.05) is 18.7 Å². The van der Waals surface area contributed by atoms with Crippen LogP contribution < -0.4 is 5.32 Å². The molecule has 1 heterocycles. The van der Waals surface area contributed by atoms with E-state index in [1.807, 2.05) is 11.3 Å². The van der Waals surface area contributed by atoms with Crippen molar-refractivity contribution >= 4 is 43.2 Å². The zero-order chi connectivity index (χ0) is 15.6. The lowest BCUT2D eigenvalue weighted by Crippen LogP contribution is -2.21. The molecule has 0 amide bonds. The van der Waals surface area contributed by atoms with E-state index >= 15 is 0 Å². The van der Waals surface area contributed by atoms with Crippen LogP contribution in [0.5, 0.6) is 0 Å². The maximum atomic E-state index is 3.70. The number of hydrogen-bond donors (Lipinski definition) is 1. The van der Waals surface area contributed by atoms with Crippen molar-refractivity contribution in [2.45, 2.75) is 39.2 Å². The van der Waals surface area contributed by atoms with Gasteiger partial charge in [-0.25, -0.2) is 0 Å². The zero-order valence-electron chi connectivity index (χ0n) is 12.8. The summed E-state index contributed by atoms with van der Waals surface area (Å²) < 4.78 is 2.23. The van der Waals surface area contributed by atoms with Gasteiger partial charge in [-0.15, -0.1) is 11.3 Å². The first kappa shape index (κ1) is 17.2. The SMILES string of the molecule is CCNC(c1ccc(C(C)(C)C)s1)c1ccc(Br)cc1Br. The van der Waals surface area contributed by atoms with Gasteiger partial charge in [-0.2, -0.15) is 0 Å². The molecule has 21 heavy (non-hydrogen) atoms. The Hall–Kier alpha value is -0.160. The molecule has 0 spiro atoms. The molecule has 4 heteroatoms. The topological polar surface area (TPSA) is 12.0 Å². The molecule has 1 aromatic carbocycles. The number of rotatable bonds is 4. The molecular weight excluding hydrogens is 410 g/mol. The molecule has 1 atom stereocenters. The van der Waals surface area contributed by atoms with Crippen molar-refractivity contribution in [1.82, 2.24) is 5.32 Å². The fraction of sp³-hybridized carbons (Fsp3) is 0.412. The standard InChI is InChI=1S/C17H21Br2NS/c1-5-20-16(12-7-6-11(18)10-13(12)19)14-8-9-15(21-14)17(2,3)4/h6-10,16,20H,5H2,1-4H3. The summed E-state index contributed by atoms with van der Waals surface area (Å²) in [5, 5.41) is 3.61. The third-order valence-electron chi connectivity index (χ3n) is 3.33. The van der Waals surface area contributed by atoms with Crippen LogP contribution in [0.4, 0.5) is 0 Å². The normalized spacial score (nSPS) is 13.4. The first-order valence-electron chi connectivity index (χ1n) is 7.11. The van der Waals surface area contributed by atoms with E-state index in [0.717, 1.165) is 15.5 Å². The lowest BCUT2D eigenvalue weighted by molar-refractivity contribution is 0.604. The van der Waals surface area contributed by atoms with Crippen LogP contribution in [-0.2, 0) is 5.41 Å². The highest BCUT2D eigenvalue weighted by Crippen LogP contribution is 2.37. The predicted molar refractivity (Wildman–Crippen MR) is 100 cm³/mol. The second-order valence-corrected chi connectivity index (χ2v) is 8.99. The Labute approximate surface area is 148 Å². The van der Waals surface area contributed by atoms with Gasteiger partial charge in [0.25, 0.3) is 0 Å². The fourth-order valence-corrected chi connectivity index (χ4v) is 4.65. The predicted octanol–water partition coefficient (Wildman–Crippen LogP) is 6.27. The molecule has 0 aliphatic rings. The van der Waals surface area contributed by atoms with Crippen molar-refractivity contribution in [3.05, 3.63) is 54.6 Å². The first-order valence-corrected chi connectivity index (χ1v) is 9.51. The summed E-state index contributed by atoms with van der Waals surface area (Å²) in [6, 6.07) is 11.1. The Balaban J connectivity index is 2.41. The molecule has 0 saturated heterocycles. The van der Waals surface area contributed by atoms with Crippen LogP contribution in [0.2, 0.25) is 0 Å². The van der Waals surface area contributed by atoms with Crippen molar-refractivity contribution in [3.8, 4) is 0 Å². The molecule has 0 saturated carbocycles. The Morgan fingerprint density at radius 1 is 1.14 bits per heavy atom. The van der Waals surface area contributed by atoms with Crippen molar-refractivity contribution < 1.29 is 0 Å². The lowest BCUT2D eigenvalue weighted by atomic mass is 9.95. The molecule has 2 rings (SSSR count). The van der Waals surface area contributed by atoms with Crippen LogP contribution in [0, 0.1) is 0 Å². The van der Waals surface area contributed by atoms with Crippen molar-refractivity contribution in [2.24, 2.45) is 0 Å². The zero-order valence-corrected chi connectivity index (χ0v) is 16.8. The summed E-state index contributed by atoms with van der Waals surface area (Å²) in [5.41, 5.74) is 1.48. The molecule has 2 aromatic rings. The Kier molecular flexibility index (Phi) is 5.69. The number of halogens is 2. The van der Waals surface area contributed by atoms with Gasteiger partial charge >= 0.3 is 0 Å². The van der Waals surface area contributed by atoms with Crippen LogP contribution in [0.15, 0.2) is 39.3 Å². The van der Waals surface area contributed by atoms with Gasteiger partial charge in [-0.05, 0) is 41.8 Å². The maximum absolute atomic E-state index is 3.70. The maximum Gasteiger partial charge on any atom is 0.0682 e. The van der Waals surface area contributed by atoms with Crippen molar-refractivity contribution in [1.29, 1.82) is 0 Å². The minimum atomic E-state index is 0.205. The van der Waals surface area contributed by atoms with E-state index < -0.39 is 0 Å². The van der Waals surface area contributed by atoms with Gasteiger partial charge in [0.2, 0.25) is 0 Å². The second-order valence-electron chi connectivity index (χ2n) is 6.11. The van der Waals surface area contributed by atoms with Crippen LogP contribution in [0.25, 0.3) is 0 Å². The minimum Gasteiger partial charge on any atom is -0.306 e. The Morgan fingerprint density at radius 3 is 2.38 bits per heavy atom. The summed E-state index contributed by atoms with van der Waals surface area (Å²) in [6.07, 6.45) is 0. The molecule has 0 aliphatic carbocycles. The summed E-state index contributed by atoms with van der Waals surface area (Å²) >= 11 is 9.12. The van der Waals surface area contributed by atoms with E-state index in [-0.39, 0.29) is 11.5 Å². The van der Waals surface area contributed by atoms with Gasteiger partial charge in [0.15, 0.2) is 0 Å². The van der Waals surface area contributed by atoms with E-state index in [2.05, 4.69) is 95.2 Å². The number of thiophene rings is 1. The van der Waals surface area contributed by atoms with Crippen molar-refractivity contribution in [3.63, 3.8) is 0 Å². The lowest BCUT2D eigenvalue weighted by Gasteiger charge is -2.20. The summed E-state index contributed by atoms with van der Waals surface area (Å²) in [6.45, 7) is 9.88. The molecule has 1 nitrogen and oxygen atoms in total. The summed E-state index contributed by atoms with van der Waals surface area (Å²) in [4.78, 5) is 2.79. The fourth-order valence-electron chi connectivity index (χ4n) is 2.21. The van der Waals surface area contributed by atoms with Crippen molar-refractivity contribution in [2.75, 3.05) is 6.54 Å². The quantitative estimate of drug-likeness (QED) is 0.602. The molecule has 114 valence electrons. The van der Waals surface area contributed by atoms with E-state index in [9.17, 15) is 0 Å². The molecule has 1 unspecified atom stereocenters. The number of nitrogens with one attached hydrogen (secondary N) is 1. The van der Waals surface area contributed by atoms with E-state index in [1.165, 1.54) is 15.3 Å². The molecule has 0 aliphatic heterocycles. The van der Waals surface area contributed by atoms with Gasteiger partial charge in [-0.3, -0.25) is 0 Å². The van der Waals surface area contributed by atoms with Gasteiger partial charge in [0.1, 0.15) is 0 Å². The van der Waals surface area contributed by atoms with Crippen LogP contribution in [-0.4, -0.2) is 6.54 Å². The largest absolute Gasteiger partial charge is 0.306 e. The minimum absolute atomic E-state index is 0.205. The van der Waals surface area contributed by atoms with Gasteiger partial charge < -0.3 is 5.32 Å². The van der Waals surface area contributed by atoms with Crippen LogP contribution in [0.1, 0.15) is 49.1 Å². The molecular formula is C17H21Br2NS. The Bertz CT molecular complexity index is 613. The summed E-state index contributed by atoms with van der Waals surface area (Å²) in [7, 11) is 0. The summed E-state index contributed by atoms with van der Waals surface area (Å²) in [5.74, 6) is 0. The van der Waals surface area contributed by atoms with E-state index in [1.54, 1.807) is 0 Å². The van der Waals surface area contributed by atoms with Gasteiger partial charge in [0.05, 0.1) is 6.04 Å². The number of benzene rings is 1. The molecule has 1 N–H and O–H groups in total. The van der Waals surface area contributed by atoms with Crippen LogP contribution in [0.3, 0.4) is 0 Å². The third-order valence-corrected chi connectivity index (χ3v) is 6.09. The smallest absolute Gasteiger partial charge is 0.0682 e. The van der Waals surface area contributed by atoms with Crippen LogP contribution >= 0.6 is 43.2 Å². The molecule has 0 radical (unpaired) electrons. The first-order chi connectivity index (χ1) is 9.82. The Morgan fingerprint density at radius 2 is 1.86 bits per heavy atom. The highest BCUT2D eigenvalue weighted by molar-refractivity contribution is 9.11. The van der Waals surface area contributed by atoms with Gasteiger partial charge in [-0.1, -0.05) is 65.6 Å².